The number of sulfone groups is 1. The van der Waals surface area contributed by atoms with Gasteiger partial charge in [0.2, 0.25) is 0 Å². The summed E-state index contributed by atoms with van der Waals surface area (Å²) in [5.74, 6) is -0.214. The van der Waals surface area contributed by atoms with E-state index in [9.17, 15) is 13.5 Å². The van der Waals surface area contributed by atoms with Crippen LogP contribution in [0, 0.1) is 6.92 Å². The van der Waals surface area contributed by atoms with Gasteiger partial charge in [-0.05, 0) is 24.6 Å². The number of aliphatic hydroxyl groups excluding tert-OH is 1. The summed E-state index contributed by atoms with van der Waals surface area (Å²) in [5.41, 5.74) is 8.10. The van der Waals surface area contributed by atoms with Gasteiger partial charge in [0.25, 0.3) is 0 Å². The summed E-state index contributed by atoms with van der Waals surface area (Å²) >= 11 is 0. The van der Waals surface area contributed by atoms with Gasteiger partial charge in [-0.25, -0.2) is 8.42 Å². The molecule has 2 rings (SSSR count). The number of hydrogen-bond acceptors (Lipinski definition) is 5. The number of nitrogens with one attached hydrogen (secondary N) is 1. The molecule has 0 aromatic heterocycles. The van der Waals surface area contributed by atoms with Crippen LogP contribution >= 0.6 is 0 Å². The fourth-order valence-electron chi connectivity index (χ4n) is 1.91. The maximum absolute atomic E-state index is 11.3. The second-order valence-corrected chi connectivity index (χ2v) is 6.62. The molecule has 17 heavy (non-hydrogen) atoms. The van der Waals surface area contributed by atoms with Crippen molar-refractivity contribution in [2.75, 3.05) is 22.6 Å². The molecule has 1 saturated heterocycles. The van der Waals surface area contributed by atoms with E-state index in [0.29, 0.717) is 5.69 Å². The van der Waals surface area contributed by atoms with E-state index >= 15 is 0 Å². The van der Waals surface area contributed by atoms with Gasteiger partial charge in [-0.1, -0.05) is 6.07 Å². The highest BCUT2D eigenvalue weighted by atomic mass is 32.2. The molecule has 0 radical (unpaired) electrons. The molecule has 4 N–H and O–H groups in total. The first-order valence-corrected chi connectivity index (χ1v) is 7.21. The Labute approximate surface area is 101 Å². The van der Waals surface area contributed by atoms with Gasteiger partial charge in [0, 0.05) is 11.4 Å². The lowest BCUT2D eigenvalue weighted by atomic mass is 10.1. The predicted octanol–water partition coefficient (Wildman–Crippen LogP) is 0.147. The van der Waals surface area contributed by atoms with Crippen LogP contribution in [0.3, 0.4) is 0 Å². The number of nitrogens with two attached hydrogens (primary N) is 1. The maximum Gasteiger partial charge on any atom is 0.155 e. The minimum Gasteiger partial charge on any atom is -0.398 e. The van der Waals surface area contributed by atoms with E-state index < -0.39 is 22.0 Å². The average Bonchev–Trinajstić information content (AvgIpc) is 2.46. The zero-order chi connectivity index (χ0) is 12.6. The van der Waals surface area contributed by atoms with Crippen LogP contribution in [0.15, 0.2) is 18.2 Å². The summed E-state index contributed by atoms with van der Waals surface area (Å²) in [6.45, 7) is 1.90. The van der Waals surface area contributed by atoms with Gasteiger partial charge in [0.1, 0.15) is 0 Å². The Kier molecular flexibility index (Phi) is 3.01. The third-order valence-corrected chi connectivity index (χ3v) is 4.67. The van der Waals surface area contributed by atoms with Crippen molar-refractivity contribution < 1.29 is 13.5 Å². The summed E-state index contributed by atoms with van der Waals surface area (Å²) in [6.07, 6.45) is -0.859. The predicted molar refractivity (Wildman–Crippen MR) is 67.7 cm³/mol. The van der Waals surface area contributed by atoms with Gasteiger partial charge < -0.3 is 16.2 Å². The molecule has 1 aromatic carbocycles. The molecule has 0 saturated carbocycles. The number of benzene rings is 1. The van der Waals surface area contributed by atoms with Crippen LogP contribution in [-0.2, 0) is 9.84 Å². The smallest absolute Gasteiger partial charge is 0.155 e. The molecule has 2 unspecified atom stereocenters. The third kappa shape index (κ3) is 2.70. The molecule has 1 aromatic rings. The van der Waals surface area contributed by atoms with E-state index in [0.717, 1.165) is 11.3 Å². The SMILES string of the molecule is Cc1ccc(NC2CS(=O)(=O)CC2O)cc1N. The zero-order valence-corrected chi connectivity index (χ0v) is 10.4. The largest absolute Gasteiger partial charge is 0.398 e. The average molecular weight is 256 g/mol. The van der Waals surface area contributed by atoms with Gasteiger partial charge >= 0.3 is 0 Å². The van der Waals surface area contributed by atoms with E-state index in [2.05, 4.69) is 5.32 Å². The molecule has 2 atom stereocenters. The molecule has 6 heteroatoms. The highest BCUT2D eigenvalue weighted by Gasteiger charge is 2.36. The number of aliphatic hydroxyl groups is 1. The highest BCUT2D eigenvalue weighted by Crippen LogP contribution is 2.21. The molecular weight excluding hydrogens is 240 g/mol. The standard InChI is InChI=1S/C11H16N2O3S/c1-7-2-3-8(4-9(7)12)13-10-5-17(15,16)6-11(10)14/h2-4,10-11,13-14H,5-6,12H2,1H3. The number of rotatable bonds is 2. The minimum absolute atomic E-state index is 0.0397. The Morgan fingerprint density at radius 2 is 2.12 bits per heavy atom. The Bertz CT molecular complexity index is 528. The van der Waals surface area contributed by atoms with Crippen LogP contribution in [0.4, 0.5) is 11.4 Å². The van der Waals surface area contributed by atoms with Crippen molar-refractivity contribution in [2.24, 2.45) is 0 Å². The van der Waals surface area contributed by atoms with Gasteiger partial charge in [-0.3, -0.25) is 0 Å². The monoisotopic (exact) mass is 256 g/mol. The van der Waals surface area contributed by atoms with E-state index in [1.54, 1.807) is 6.07 Å². The fraction of sp³-hybridized carbons (Fsp3) is 0.455. The molecule has 94 valence electrons. The van der Waals surface area contributed by atoms with Crippen LogP contribution in [0.2, 0.25) is 0 Å². The molecule has 1 aliphatic rings. The van der Waals surface area contributed by atoms with Gasteiger partial charge in [-0.15, -0.1) is 0 Å². The van der Waals surface area contributed by atoms with Crippen molar-refractivity contribution in [3.05, 3.63) is 23.8 Å². The first kappa shape index (κ1) is 12.2. The summed E-state index contributed by atoms with van der Waals surface area (Å²) in [6, 6.07) is 4.96. The molecule has 1 aliphatic heterocycles. The van der Waals surface area contributed by atoms with Crippen LogP contribution in [0.1, 0.15) is 5.56 Å². The zero-order valence-electron chi connectivity index (χ0n) is 9.55. The molecule has 1 fully saturated rings. The van der Waals surface area contributed by atoms with Gasteiger partial charge in [0.05, 0.1) is 23.7 Å². The van der Waals surface area contributed by atoms with Crippen LogP contribution in [0.5, 0.6) is 0 Å². The first-order valence-electron chi connectivity index (χ1n) is 5.38. The Morgan fingerprint density at radius 1 is 1.41 bits per heavy atom. The number of nitrogen functional groups attached to an aromatic ring is 1. The van der Waals surface area contributed by atoms with Crippen molar-refractivity contribution in [3.8, 4) is 0 Å². The van der Waals surface area contributed by atoms with E-state index in [1.807, 2.05) is 19.1 Å². The van der Waals surface area contributed by atoms with E-state index in [4.69, 9.17) is 5.73 Å². The lowest BCUT2D eigenvalue weighted by Crippen LogP contribution is -2.31. The number of anilines is 2. The van der Waals surface area contributed by atoms with E-state index in [1.165, 1.54) is 0 Å². The highest BCUT2D eigenvalue weighted by molar-refractivity contribution is 7.91. The number of hydrogen-bond donors (Lipinski definition) is 3. The topological polar surface area (TPSA) is 92.4 Å². The van der Waals surface area contributed by atoms with Crippen molar-refractivity contribution in [1.29, 1.82) is 0 Å². The molecule has 0 spiro atoms. The third-order valence-electron chi connectivity index (χ3n) is 2.95. The lowest BCUT2D eigenvalue weighted by molar-refractivity contribution is 0.190. The molecule has 5 nitrogen and oxygen atoms in total. The minimum atomic E-state index is -3.13. The van der Waals surface area contributed by atoms with Gasteiger partial charge in [-0.2, -0.15) is 0 Å². The molecule has 0 bridgehead atoms. The van der Waals surface area contributed by atoms with E-state index in [-0.39, 0.29) is 11.5 Å². The maximum atomic E-state index is 11.3. The molecular formula is C11H16N2O3S. The first-order chi connectivity index (χ1) is 7.87. The summed E-state index contributed by atoms with van der Waals surface area (Å²) in [5, 5.41) is 12.6. The van der Waals surface area contributed by atoms with Crippen LogP contribution in [0.25, 0.3) is 0 Å². The van der Waals surface area contributed by atoms with Crippen molar-refractivity contribution >= 4 is 21.2 Å². The van der Waals surface area contributed by atoms with Crippen molar-refractivity contribution in [3.63, 3.8) is 0 Å². The lowest BCUT2D eigenvalue weighted by Gasteiger charge is -2.17. The van der Waals surface area contributed by atoms with Crippen LogP contribution < -0.4 is 11.1 Å². The van der Waals surface area contributed by atoms with Gasteiger partial charge in [0.15, 0.2) is 9.84 Å². The normalized spacial score (nSPS) is 26.9. The summed E-state index contributed by atoms with van der Waals surface area (Å²) in [7, 11) is -3.13. The Hall–Kier alpha value is -1.27. The van der Waals surface area contributed by atoms with Crippen molar-refractivity contribution in [1.82, 2.24) is 0 Å². The number of aryl methyl sites for hydroxylation is 1. The quantitative estimate of drug-likeness (QED) is 0.655. The molecule has 0 amide bonds. The van der Waals surface area contributed by atoms with Crippen LogP contribution in [-0.4, -0.2) is 37.2 Å². The Balaban J connectivity index is 2.14. The summed E-state index contributed by atoms with van der Waals surface area (Å²) in [4.78, 5) is 0. The fourth-order valence-corrected chi connectivity index (χ4v) is 3.65. The molecule has 0 aliphatic carbocycles. The Morgan fingerprint density at radius 3 is 2.65 bits per heavy atom. The molecule has 1 heterocycles. The second kappa shape index (κ2) is 4.19. The van der Waals surface area contributed by atoms with Crippen molar-refractivity contribution in [2.45, 2.75) is 19.1 Å². The summed E-state index contributed by atoms with van der Waals surface area (Å²) < 4.78 is 22.7. The second-order valence-electron chi connectivity index (χ2n) is 4.47.